The highest BCUT2D eigenvalue weighted by Crippen LogP contribution is 2.36. The Bertz CT molecular complexity index is 980. The molecule has 0 saturated heterocycles. The fourth-order valence-electron chi connectivity index (χ4n) is 2.76. The summed E-state index contributed by atoms with van der Waals surface area (Å²) in [6.07, 6.45) is -2.01. The van der Waals surface area contributed by atoms with Crippen LogP contribution in [0.25, 0.3) is 0 Å². The first-order valence-electron chi connectivity index (χ1n) is 9.13. The largest absolute Gasteiger partial charge is 0.394 e. The maximum absolute atomic E-state index is 9.79. The number of thiophene rings is 1. The van der Waals surface area contributed by atoms with Gasteiger partial charge >= 0.3 is 0 Å². The minimum atomic E-state index is -1.00. The molecule has 0 aliphatic carbocycles. The molecule has 4 N–H and O–H groups in total. The van der Waals surface area contributed by atoms with Gasteiger partial charge in [-0.2, -0.15) is 10.5 Å². The summed E-state index contributed by atoms with van der Waals surface area (Å²) in [6, 6.07) is 9.31. The fraction of sp³-hybridized carbons (Fsp3) is 0.400. The van der Waals surface area contributed by atoms with Crippen molar-refractivity contribution >= 4 is 27.7 Å². The summed E-state index contributed by atoms with van der Waals surface area (Å²) < 4.78 is 0. The number of azo groups is 1. The molecule has 0 saturated carbocycles. The molecule has 158 valence electrons. The molecule has 2 rings (SSSR count). The van der Waals surface area contributed by atoms with Crippen molar-refractivity contribution < 1.29 is 20.4 Å². The standard InChI is InChI=1S/C20H23N5O4S/c1-12-5-14(25(8-15(28)10-26)9-16(29)11-27)3-4-18(12)23-24-20-17(6-21)13(2)19(7-22)30-20/h3-5,15-16,26-29H,8-11H2,1-2H3. The van der Waals surface area contributed by atoms with Crippen molar-refractivity contribution in [1.29, 1.82) is 10.5 Å². The van der Waals surface area contributed by atoms with Crippen LogP contribution in [0.2, 0.25) is 0 Å². The molecular formula is C20H23N5O4S. The van der Waals surface area contributed by atoms with E-state index in [0.717, 1.165) is 16.9 Å². The second-order valence-electron chi connectivity index (χ2n) is 6.71. The fourth-order valence-corrected chi connectivity index (χ4v) is 3.64. The molecule has 2 unspecified atom stereocenters. The van der Waals surface area contributed by atoms with Crippen LogP contribution in [-0.2, 0) is 0 Å². The number of benzene rings is 1. The summed E-state index contributed by atoms with van der Waals surface area (Å²) in [5.41, 5.74) is 2.90. The predicted octanol–water partition coefficient (Wildman–Crippen LogP) is 2.04. The molecule has 0 amide bonds. The molecule has 2 atom stereocenters. The molecule has 2 aromatic rings. The van der Waals surface area contributed by atoms with E-state index in [1.165, 1.54) is 0 Å². The van der Waals surface area contributed by atoms with Crippen LogP contribution in [0.3, 0.4) is 0 Å². The number of hydrogen-bond acceptors (Lipinski definition) is 10. The number of aliphatic hydroxyl groups excluding tert-OH is 4. The number of hydrogen-bond donors (Lipinski definition) is 4. The van der Waals surface area contributed by atoms with Gasteiger partial charge in [0.25, 0.3) is 0 Å². The lowest BCUT2D eigenvalue weighted by molar-refractivity contribution is 0.0839. The van der Waals surface area contributed by atoms with Gasteiger partial charge in [0.05, 0.1) is 36.7 Å². The van der Waals surface area contributed by atoms with E-state index in [2.05, 4.69) is 16.3 Å². The zero-order chi connectivity index (χ0) is 22.3. The monoisotopic (exact) mass is 429 g/mol. The number of aryl methyl sites for hydroxylation is 1. The van der Waals surface area contributed by atoms with Gasteiger partial charge in [0.1, 0.15) is 17.0 Å². The van der Waals surface area contributed by atoms with Gasteiger partial charge in [-0.1, -0.05) is 0 Å². The van der Waals surface area contributed by atoms with Crippen molar-refractivity contribution in [3.63, 3.8) is 0 Å². The predicted molar refractivity (Wildman–Crippen MR) is 112 cm³/mol. The molecule has 9 nitrogen and oxygen atoms in total. The molecule has 1 aromatic heterocycles. The number of aliphatic hydroxyl groups is 4. The Hall–Kier alpha value is -2.86. The van der Waals surface area contributed by atoms with Gasteiger partial charge in [-0.25, -0.2) is 0 Å². The Morgan fingerprint density at radius 3 is 2.17 bits per heavy atom. The third-order valence-corrected chi connectivity index (χ3v) is 5.50. The summed E-state index contributed by atoms with van der Waals surface area (Å²) in [6.45, 7) is 2.80. The lowest BCUT2D eigenvalue weighted by Gasteiger charge is -2.28. The van der Waals surface area contributed by atoms with Crippen molar-refractivity contribution in [3.05, 3.63) is 39.8 Å². The van der Waals surface area contributed by atoms with Crippen LogP contribution in [0.4, 0.5) is 16.4 Å². The average molecular weight is 430 g/mol. The molecule has 1 heterocycles. The second-order valence-corrected chi connectivity index (χ2v) is 7.71. The van der Waals surface area contributed by atoms with Crippen molar-refractivity contribution in [3.8, 4) is 12.1 Å². The number of anilines is 1. The molecule has 1 aromatic carbocycles. The van der Waals surface area contributed by atoms with E-state index >= 15 is 0 Å². The maximum atomic E-state index is 9.79. The summed E-state index contributed by atoms with van der Waals surface area (Å²) in [7, 11) is 0. The first kappa shape index (κ1) is 23.4. The van der Waals surface area contributed by atoms with Gasteiger partial charge in [0, 0.05) is 18.8 Å². The van der Waals surface area contributed by atoms with Crippen LogP contribution in [0.5, 0.6) is 0 Å². The first-order chi connectivity index (χ1) is 14.3. The van der Waals surface area contributed by atoms with Gasteiger partial charge in [-0.3, -0.25) is 0 Å². The van der Waals surface area contributed by atoms with Gasteiger partial charge in [-0.05, 0) is 43.2 Å². The minimum Gasteiger partial charge on any atom is -0.394 e. The summed E-state index contributed by atoms with van der Waals surface area (Å²) >= 11 is 1.11. The molecular weight excluding hydrogens is 406 g/mol. The molecule has 0 aliphatic heterocycles. The Kier molecular flexibility index (Phi) is 8.42. The van der Waals surface area contributed by atoms with Crippen molar-refractivity contribution in [1.82, 2.24) is 0 Å². The van der Waals surface area contributed by atoms with E-state index in [1.54, 1.807) is 30.0 Å². The molecule has 0 aliphatic rings. The molecule has 0 spiro atoms. The SMILES string of the molecule is Cc1cc(N(CC(O)CO)CC(O)CO)ccc1N=Nc1sc(C#N)c(C)c1C#N. The third-order valence-electron chi connectivity index (χ3n) is 4.42. The van der Waals surface area contributed by atoms with Crippen LogP contribution in [0.1, 0.15) is 21.6 Å². The lowest BCUT2D eigenvalue weighted by atomic mass is 10.1. The maximum Gasteiger partial charge on any atom is 0.158 e. The van der Waals surface area contributed by atoms with Crippen molar-refractivity contribution in [2.75, 3.05) is 31.2 Å². The van der Waals surface area contributed by atoms with E-state index in [9.17, 15) is 15.5 Å². The second kappa shape index (κ2) is 10.8. The number of nitrogens with zero attached hydrogens (tertiary/aromatic N) is 5. The molecule has 30 heavy (non-hydrogen) atoms. The summed E-state index contributed by atoms with van der Waals surface area (Å²) in [5.74, 6) is 0. The van der Waals surface area contributed by atoms with E-state index in [4.69, 9.17) is 15.5 Å². The Morgan fingerprint density at radius 2 is 1.67 bits per heavy atom. The van der Waals surface area contributed by atoms with E-state index in [1.807, 2.05) is 13.0 Å². The molecule has 0 radical (unpaired) electrons. The smallest absolute Gasteiger partial charge is 0.158 e. The first-order valence-corrected chi connectivity index (χ1v) is 9.95. The summed E-state index contributed by atoms with van der Waals surface area (Å²) in [5, 5.41) is 65.0. The van der Waals surface area contributed by atoms with E-state index in [0.29, 0.717) is 32.4 Å². The van der Waals surface area contributed by atoms with Crippen LogP contribution in [0, 0.1) is 36.5 Å². The highest BCUT2D eigenvalue weighted by molar-refractivity contribution is 7.16. The molecule has 0 bridgehead atoms. The Balaban J connectivity index is 2.30. The van der Waals surface area contributed by atoms with Gasteiger partial charge in [-0.15, -0.1) is 21.6 Å². The topological polar surface area (TPSA) is 156 Å². The molecule has 10 heteroatoms. The van der Waals surface area contributed by atoms with Crippen LogP contribution >= 0.6 is 11.3 Å². The zero-order valence-corrected chi connectivity index (χ0v) is 17.5. The van der Waals surface area contributed by atoms with Gasteiger partial charge < -0.3 is 25.3 Å². The molecule has 0 fully saturated rings. The minimum absolute atomic E-state index is 0.0742. The highest BCUT2D eigenvalue weighted by Gasteiger charge is 2.17. The quantitative estimate of drug-likeness (QED) is 0.444. The zero-order valence-electron chi connectivity index (χ0n) is 16.6. The summed E-state index contributed by atoms with van der Waals surface area (Å²) in [4.78, 5) is 2.08. The van der Waals surface area contributed by atoms with Crippen LogP contribution < -0.4 is 4.90 Å². The number of rotatable bonds is 9. The average Bonchev–Trinajstić information content (AvgIpc) is 3.06. The van der Waals surface area contributed by atoms with Gasteiger partial charge in [0.15, 0.2) is 5.00 Å². The van der Waals surface area contributed by atoms with E-state index in [-0.39, 0.29) is 13.1 Å². The lowest BCUT2D eigenvalue weighted by Crippen LogP contribution is -2.40. The van der Waals surface area contributed by atoms with E-state index < -0.39 is 25.4 Å². The van der Waals surface area contributed by atoms with Crippen molar-refractivity contribution in [2.24, 2.45) is 10.2 Å². The normalized spacial score (nSPS) is 13.1. The van der Waals surface area contributed by atoms with Crippen LogP contribution in [0.15, 0.2) is 28.4 Å². The third kappa shape index (κ3) is 5.60. The van der Waals surface area contributed by atoms with Gasteiger partial charge in [0.2, 0.25) is 0 Å². The van der Waals surface area contributed by atoms with Crippen molar-refractivity contribution in [2.45, 2.75) is 26.1 Å². The number of nitriles is 2. The Morgan fingerprint density at radius 1 is 1.03 bits per heavy atom. The Labute approximate surface area is 178 Å². The van der Waals surface area contributed by atoms with Crippen LogP contribution in [-0.4, -0.2) is 58.9 Å². The highest BCUT2D eigenvalue weighted by atomic mass is 32.1.